The molecule has 0 radical (unpaired) electrons. The number of carboxylic acid groups (broad SMARTS) is 1. The van der Waals surface area contributed by atoms with Crippen molar-refractivity contribution in [2.45, 2.75) is 31.7 Å². The Morgan fingerprint density at radius 3 is 2.79 bits per heavy atom. The zero-order chi connectivity index (χ0) is 17.1. The summed E-state index contributed by atoms with van der Waals surface area (Å²) >= 11 is 1.45. The summed E-state index contributed by atoms with van der Waals surface area (Å²) in [6.45, 7) is 0.488. The van der Waals surface area contributed by atoms with Crippen LogP contribution in [0.1, 0.15) is 29.1 Å². The number of hydrogen-bond acceptors (Lipinski definition) is 4. The number of carboxylic acids is 1. The fourth-order valence-corrected chi connectivity index (χ4v) is 3.69. The van der Waals surface area contributed by atoms with E-state index in [0.29, 0.717) is 25.1 Å². The molecule has 0 spiro atoms. The Balaban J connectivity index is 1.62. The molecule has 1 N–H and O–H groups in total. The van der Waals surface area contributed by atoms with E-state index in [4.69, 9.17) is 5.11 Å². The van der Waals surface area contributed by atoms with E-state index in [9.17, 15) is 14.0 Å². The van der Waals surface area contributed by atoms with Gasteiger partial charge in [-0.3, -0.25) is 4.79 Å². The highest BCUT2D eigenvalue weighted by atomic mass is 32.1. The number of carbonyl (C=O) groups excluding carboxylic acids is 1. The van der Waals surface area contributed by atoms with Crippen LogP contribution in [0.25, 0.3) is 0 Å². The molecule has 5 nitrogen and oxygen atoms in total. The number of hydrogen-bond donors (Lipinski definition) is 1. The van der Waals surface area contributed by atoms with Gasteiger partial charge in [-0.15, -0.1) is 11.3 Å². The molecule has 1 saturated heterocycles. The van der Waals surface area contributed by atoms with Gasteiger partial charge in [0.25, 0.3) is 0 Å². The maximum Gasteiger partial charge on any atom is 0.326 e. The quantitative estimate of drug-likeness (QED) is 0.901. The van der Waals surface area contributed by atoms with Gasteiger partial charge in [0, 0.05) is 18.3 Å². The minimum absolute atomic E-state index is 0.115. The fraction of sp³-hybridized carbons (Fsp3) is 0.353. The molecule has 0 aliphatic carbocycles. The molecule has 0 bridgehead atoms. The van der Waals surface area contributed by atoms with E-state index in [0.717, 1.165) is 17.0 Å². The number of aromatic nitrogens is 1. The number of thiazole rings is 1. The van der Waals surface area contributed by atoms with Gasteiger partial charge < -0.3 is 10.0 Å². The second-order valence-electron chi connectivity index (χ2n) is 5.80. The molecular weight excluding hydrogens is 331 g/mol. The molecule has 1 amide bonds. The number of rotatable bonds is 5. The number of carbonyl (C=O) groups is 2. The number of aliphatic carboxylic acids is 1. The number of benzene rings is 1. The van der Waals surface area contributed by atoms with E-state index < -0.39 is 12.0 Å². The van der Waals surface area contributed by atoms with Crippen LogP contribution in [0.5, 0.6) is 0 Å². The molecule has 24 heavy (non-hydrogen) atoms. The SMILES string of the molecule is O=C(O)[C@@H]1CCCN1C(=O)Cc1csc(Cc2ccc(F)cc2)n1. The molecule has 3 rings (SSSR count). The first-order valence-electron chi connectivity index (χ1n) is 7.73. The van der Waals surface area contributed by atoms with E-state index in [1.54, 1.807) is 12.1 Å². The Kier molecular flexibility index (Phi) is 4.89. The Bertz CT molecular complexity index is 745. The Labute approximate surface area is 142 Å². The molecule has 1 aliphatic rings. The lowest BCUT2D eigenvalue weighted by molar-refractivity contribution is -0.148. The van der Waals surface area contributed by atoms with Crippen LogP contribution in [0.3, 0.4) is 0 Å². The first-order chi connectivity index (χ1) is 11.5. The summed E-state index contributed by atoms with van der Waals surface area (Å²) in [6, 6.07) is 5.53. The van der Waals surface area contributed by atoms with Crippen molar-refractivity contribution in [1.82, 2.24) is 9.88 Å². The van der Waals surface area contributed by atoms with E-state index in [1.165, 1.54) is 28.4 Å². The van der Waals surface area contributed by atoms with Gasteiger partial charge in [-0.2, -0.15) is 0 Å². The molecule has 0 unspecified atom stereocenters. The van der Waals surface area contributed by atoms with E-state index in [2.05, 4.69) is 4.98 Å². The van der Waals surface area contributed by atoms with Gasteiger partial charge in [0.15, 0.2) is 0 Å². The minimum atomic E-state index is -0.948. The Hall–Kier alpha value is -2.28. The molecule has 2 aromatic rings. The van der Waals surface area contributed by atoms with Crippen LogP contribution in [0, 0.1) is 5.82 Å². The van der Waals surface area contributed by atoms with Gasteiger partial charge in [0.2, 0.25) is 5.91 Å². The average Bonchev–Trinajstić information content (AvgIpc) is 3.19. The maximum atomic E-state index is 12.9. The lowest BCUT2D eigenvalue weighted by Gasteiger charge is -2.20. The van der Waals surface area contributed by atoms with E-state index in [1.807, 2.05) is 5.38 Å². The fourth-order valence-electron chi connectivity index (χ4n) is 2.87. The van der Waals surface area contributed by atoms with Crippen LogP contribution in [-0.4, -0.2) is 39.5 Å². The zero-order valence-electron chi connectivity index (χ0n) is 12.9. The van der Waals surface area contributed by atoms with Crippen molar-refractivity contribution in [3.05, 3.63) is 51.7 Å². The van der Waals surface area contributed by atoms with Gasteiger partial charge >= 0.3 is 5.97 Å². The normalized spacial score (nSPS) is 17.2. The first kappa shape index (κ1) is 16.6. The third-order valence-electron chi connectivity index (χ3n) is 4.06. The van der Waals surface area contributed by atoms with Crippen molar-refractivity contribution < 1.29 is 19.1 Å². The summed E-state index contributed by atoms with van der Waals surface area (Å²) in [7, 11) is 0. The highest BCUT2D eigenvalue weighted by Crippen LogP contribution is 2.20. The van der Waals surface area contributed by atoms with Gasteiger partial charge in [0.05, 0.1) is 17.1 Å². The summed E-state index contributed by atoms with van der Waals surface area (Å²) in [6.07, 6.45) is 1.92. The molecule has 1 aromatic heterocycles. The summed E-state index contributed by atoms with van der Waals surface area (Å²) in [4.78, 5) is 29.4. The zero-order valence-corrected chi connectivity index (χ0v) is 13.8. The molecule has 126 valence electrons. The third kappa shape index (κ3) is 3.79. The minimum Gasteiger partial charge on any atom is -0.480 e. The van der Waals surface area contributed by atoms with Crippen LogP contribution in [0.4, 0.5) is 4.39 Å². The van der Waals surface area contributed by atoms with Gasteiger partial charge in [-0.1, -0.05) is 12.1 Å². The van der Waals surface area contributed by atoms with Gasteiger partial charge in [-0.05, 0) is 30.5 Å². The van der Waals surface area contributed by atoms with Crippen molar-refractivity contribution in [1.29, 1.82) is 0 Å². The monoisotopic (exact) mass is 348 g/mol. The lowest BCUT2D eigenvalue weighted by atomic mass is 10.1. The maximum absolute atomic E-state index is 12.9. The highest BCUT2D eigenvalue weighted by molar-refractivity contribution is 7.09. The first-order valence-corrected chi connectivity index (χ1v) is 8.61. The average molecular weight is 348 g/mol. The standard InChI is InChI=1S/C17H17FN2O3S/c18-12-5-3-11(4-6-12)8-15-19-13(10-24-15)9-16(21)20-7-1-2-14(20)17(22)23/h3-6,10,14H,1-2,7-9H2,(H,22,23)/t14-/m0/s1. The Morgan fingerprint density at radius 2 is 2.08 bits per heavy atom. The molecule has 0 saturated carbocycles. The molecule has 1 fully saturated rings. The van der Waals surface area contributed by atoms with Crippen molar-refractivity contribution in [2.75, 3.05) is 6.54 Å². The van der Waals surface area contributed by atoms with Crippen LogP contribution in [0.2, 0.25) is 0 Å². The number of likely N-dealkylation sites (tertiary alicyclic amines) is 1. The lowest BCUT2D eigenvalue weighted by Crippen LogP contribution is -2.41. The van der Waals surface area contributed by atoms with Gasteiger partial charge in [-0.25, -0.2) is 14.2 Å². The number of amides is 1. The van der Waals surface area contributed by atoms with E-state index >= 15 is 0 Å². The summed E-state index contributed by atoms with van der Waals surface area (Å²) < 4.78 is 12.9. The second-order valence-corrected chi connectivity index (χ2v) is 6.74. The van der Waals surface area contributed by atoms with Crippen LogP contribution < -0.4 is 0 Å². The summed E-state index contributed by atoms with van der Waals surface area (Å²) in [5.74, 6) is -1.42. The third-order valence-corrected chi connectivity index (χ3v) is 4.96. The van der Waals surface area contributed by atoms with Crippen LogP contribution in [0.15, 0.2) is 29.6 Å². The predicted molar refractivity (Wildman–Crippen MR) is 87.4 cm³/mol. The van der Waals surface area contributed by atoms with Crippen molar-refractivity contribution in [3.63, 3.8) is 0 Å². The van der Waals surface area contributed by atoms with Crippen LogP contribution >= 0.6 is 11.3 Å². The smallest absolute Gasteiger partial charge is 0.326 e. The molecule has 2 heterocycles. The second kappa shape index (κ2) is 7.09. The van der Waals surface area contributed by atoms with Crippen molar-refractivity contribution in [2.24, 2.45) is 0 Å². The predicted octanol–water partition coefficient (Wildman–Crippen LogP) is 2.49. The molecule has 1 aromatic carbocycles. The number of nitrogens with zero attached hydrogens (tertiary/aromatic N) is 2. The van der Waals surface area contributed by atoms with E-state index in [-0.39, 0.29) is 18.1 Å². The highest BCUT2D eigenvalue weighted by Gasteiger charge is 2.33. The molecule has 1 aliphatic heterocycles. The van der Waals surface area contributed by atoms with Crippen molar-refractivity contribution >= 4 is 23.2 Å². The molecular formula is C17H17FN2O3S. The Morgan fingerprint density at radius 1 is 1.33 bits per heavy atom. The largest absolute Gasteiger partial charge is 0.480 e. The van der Waals surface area contributed by atoms with Gasteiger partial charge in [0.1, 0.15) is 11.9 Å². The van der Waals surface area contributed by atoms with Crippen molar-refractivity contribution in [3.8, 4) is 0 Å². The summed E-state index contributed by atoms with van der Waals surface area (Å²) in [5, 5.41) is 11.8. The van der Waals surface area contributed by atoms with Crippen LogP contribution in [-0.2, 0) is 22.4 Å². The molecule has 1 atom stereocenters. The molecule has 7 heteroatoms. The number of halogens is 1. The topological polar surface area (TPSA) is 70.5 Å². The summed E-state index contributed by atoms with van der Waals surface area (Å²) in [5.41, 5.74) is 1.60.